The lowest BCUT2D eigenvalue weighted by Gasteiger charge is -2.05. The van der Waals surface area contributed by atoms with Gasteiger partial charge >= 0.3 is 0 Å². The first kappa shape index (κ1) is 11.5. The van der Waals surface area contributed by atoms with Crippen LogP contribution >= 0.6 is 11.6 Å². The van der Waals surface area contributed by atoms with Crippen LogP contribution in [0, 0.1) is 6.92 Å². The standard InChI is InChI=1S/C13H16ClNO/c1-3-10(15)7-13-8(2)11-6-9(14)4-5-12(11)16-13/h4-6,10H,3,7,15H2,1-2H3. The van der Waals surface area contributed by atoms with Crippen molar-refractivity contribution >= 4 is 22.6 Å². The predicted octanol–water partition coefficient (Wildman–Crippen LogP) is 3.67. The zero-order valence-electron chi connectivity index (χ0n) is 9.59. The van der Waals surface area contributed by atoms with Gasteiger partial charge in [-0.1, -0.05) is 18.5 Å². The Hall–Kier alpha value is -0.990. The van der Waals surface area contributed by atoms with Crippen LogP contribution in [0.25, 0.3) is 11.0 Å². The Bertz CT molecular complexity index is 504. The monoisotopic (exact) mass is 237 g/mol. The zero-order chi connectivity index (χ0) is 11.7. The van der Waals surface area contributed by atoms with Gasteiger partial charge in [-0.2, -0.15) is 0 Å². The summed E-state index contributed by atoms with van der Waals surface area (Å²) in [5.41, 5.74) is 7.98. The highest BCUT2D eigenvalue weighted by molar-refractivity contribution is 6.31. The minimum Gasteiger partial charge on any atom is -0.461 e. The first-order valence-corrected chi connectivity index (χ1v) is 5.92. The maximum atomic E-state index is 5.97. The third-order valence-corrected chi connectivity index (χ3v) is 3.20. The van der Waals surface area contributed by atoms with Crippen LogP contribution in [0.1, 0.15) is 24.7 Å². The molecule has 16 heavy (non-hydrogen) atoms. The Balaban J connectivity index is 2.44. The maximum absolute atomic E-state index is 5.97. The number of halogens is 1. The van der Waals surface area contributed by atoms with Crippen LogP contribution in [0.4, 0.5) is 0 Å². The minimum absolute atomic E-state index is 0.162. The highest BCUT2D eigenvalue weighted by atomic mass is 35.5. The van der Waals surface area contributed by atoms with Crippen molar-refractivity contribution in [3.05, 3.63) is 34.5 Å². The van der Waals surface area contributed by atoms with Crippen LogP contribution in [0.3, 0.4) is 0 Å². The second-order valence-electron chi connectivity index (χ2n) is 4.16. The normalized spacial score (nSPS) is 13.2. The van der Waals surface area contributed by atoms with E-state index in [1.165, 1.54) is 0 Å². The fraction of sp³-hybridized carbons (Fsp3) is 0.385. The third-order valence-electron chi connectivity index (χ3n) is 2.97. The van der Waals surface area contributed by atoms with E-state index >= 15 is 0 Å². The average molecular weight is 238 g/mol. The molecule has 0 aliphatic rings. The SMILES string of the molecule is CCC(N)Cc1oc2ccc(Cl)cc2c1C. The third kappa shape index (κ3) is 2.08. The van der Waals surface area contributed by atoms with Gasteiger partial charge < -0.3 is 10.2 Å². The molecule has 1 unspecified atom stereocenters. The molecule has 2 N–H and O–H groups in total. The number of furan rings is 1. The molecule has 0 saturated carbocycles. The van der Waals surface area contributed by atoms with Gasteiger partial charge in [0, 0.05) is 22.9 Å². The summed E-state index contributed by atoms with van der Waals surface area (Å²) in [6.45, 7) is 4.14. The minimum atomic E-state index is 0.162. The molecule has 0 amide bonds. The van der Waals surface area contributed by atoms with Crippen molar-refractivity contribution in [3.8, 4) is 0 Å². The van der Waals surface area contributed by atoms with Crippen molar-refractivity contribution in [2.24, 2.45) is 5.73 Å². The van der Waals surface area contributed by atoms with Gasteiger partial charge in [0.2, 0.25) is 0 Å². The molecule has 0 radical (unpaired) electrons. The Labute approximate surface area is 100 Å². The smallest absolute Gasteiger partial charge is 0.134 e. The molecule has 0 bridgehead atoms. The van der Waals surface area contributed by atoms with Crippen LogP contribution < -0.4 is 5.73 Å². The van der Waals surface area contributed by atoms with Gasteiger partial charge in [0.1, 0.15) is 11.3 Å². The molecule has 86 valence electrons. The first-order chi connectivity index (χ1) is 7.61. The lowest BCUT2D eigenvalue weighted by molar-refractivity contribution is 0.505. The highest BCUT2D eigenvalue weighted by Gasteiger charge is 2.12. The van der Waals surface area contributed by atoms with Gasteiger partial charge in [0.05, 0.1) is 0 Å². The van der Waals surface area contributed by atoms with Gasteiger partial charge in [-0.3, -0.25) is 0 Å². The van der Waals surface area contributed by atoms with E-state index < -0.39 is 0 Å². The summed E-state index contributed by atoms with van der Waals surface area (Å²) >= 11 is 5.97. The molecule has 2 nitrogen and oxygen atoms in total. The van der Waals surface area contributed by atoms with Gasteiger partial charge in [0.15, 0.2) is 0 Å². The molecule has 3 heteroatoms. The van der Waals surface area contributed by atoms with Crippen LogP contribution in [-0.2, 0) is 6.42 Å². The quantitative estimate of drug-likeness (QED) is 0.885. The molecule has 0 aliphatic heterocycles. The second kappa shape index (κ2) is 4.48. The van der Waals surface area contributed by atoms with Crippen molar-refractivity contribution in [3.63, 3.8) is 0 Å². The zero-order valence-corrected chi connectivity index (χ0v) is 10.3. The highest BCUT2D eigenvalue weighted by Crippen LogP contribution is 2.28. The number of fused-ring (bicyclic) bond motifs is 1. The first-order valence-electron chi connectivity index (χ1n) is 5.55. The molecule has 1 atom stereocenters. The fourth-order valence-electron chi connectivity index (χ4n) is 1.82. The summed E-state index contributed by atoms with van der Waals surface area (Å²) in [6, 6.07) is 5.85. The van der Waals surface area contributed by atoms with E-state index in [0.29, 0.717) is 0 Å². The summed E-state index contributed by atoms with van der Waals surface area (Å²) in [6.07, 6.45) is 1.74. The molecule has 1 aromatic carbocycles. The van der Waals surface area contributed by atoms with Crippen LogP contribution in [0.5, 0.6) is 0 Å². The van der Waals surface area contributed by atoms with Crippen molar-refractivity contribution < 1.29 is 4.42 Å². The molecule has 0 fully saturated rings. The number of rotatable bonds is 3. The van der Waals surface area contributed by atoms with Gasteiger partial charge in [-0.15, -0.1) is 0 Å². The van der Waals surface area contributed by atoms with Gasteiger partial charge in [-0.05, 0) is 37.1 Å². The molecule has 0 spiro atoms. The van der Waals surface area contributed by atoms with Crippen LogP contribution in [0.15, 0.2) is 22.6 Å². The molecule has 2 rings (SSSR count). The van der Waals surface area contributed by atoms with Crippen molar-refractivity contribution in [2.75, 3.05) is 0 Å². The second-order valence-corrected chi connectivity index (χ2v) is 4.60. The summed E-state index contributed by atoms with van der Waals surface area (Å²) in [5, 5.41) is 1.83. The van der Waals surface area contributed by atoms with Gasteiger partial charge in [0.25, 0.3) is 0 Å². The lowest BCUT2D eigenvalue weighted by atomic mass is 10.1. The van der Waals surface area contributed by atoms with E-state index in [1.54, 1.807) is 0 Å². The van der Waals surface area contributed by atoms with E-state index in [0.717, 1.165) is 40.2 Å². The summed E-state index contributed by atoms with van der Waals surface area (Å²) in [4.78, 5) is 0. The predicted molar refractivity (Wildman–Crippen MR) is 67.9 cm³/mol. The lowest BCUT2D eigenvalue weighted by Crippen LogP contribution is -2.21. The molecule has 1 heterocycles. The number of aryl methyl sites for hydroxylation is 1. The molecular formula is C13H16ClNO. The fourth-order valence-corrected chi connectivity index (χ4v) is 1.99. The van der Waals surface area contributed by atoms with Crippen LogP contribution in [-0.4, -0.2) is 6.04 Å². The van der Waals surface area contributed by atoms with Crippen LogP contribution in [0.2, 0.25) is 5.02 Å². The van der Waals surface area contributed by atoms with E-state index in [9.17, 15) is 0 Å². The average Bonchev–Trinajstić information content (AvgIpc) is 2.56. The Morgan fingerprint density at radius 3 is 2.88 bits per heavy atom. The van der Waals surface area contributed by atoms with E-state index in [1.807, 2.05) is 18.2 Å². The summed E-state index contributed by atoms with van der Waals surface area (Å²) in [7, 11) is 0. The number of benzene rings is 1. The summed E-state index contributed by atoms with van der Waals surface area (Å²) < 4.78 is 5.79. The van der Waals surface area contributed by atoms with Crippen molar-refractivity contribution in [1.29, 1.82) is 0 Å². The van der Waals surface area contributed by atoms with E-state index in [4.69, 9.17) is 21.8 Å². The van der Waals surface area contributed by atoms with E-state index in [-0.39, 0.29) is 6.04 Å². The van der Waals surface area contributed by atoms with Crippen molar-refractivity contribution in [2.45, 2.75) is 32.7 Å². The molecule has 2 aromatic rings. The Morgan fingerprint density at radius 2 is 2.19 bits per heavy atom. The molecule has 0 saturated heterocycles. The molecular weight excluding hydrogens is 222 g/mol. The number of nitrogens with two attached hydrogens (primary N) is 1. The maximum Gasteiger partial charge on any atom is 0.134 e. The number of hydrogen-bond donors (Lipinski definition) is 1. The Kier molecular flexibility index (Phi) is 3.22. The molecule has 1 aromatic heterocycles. The van der Waals surface area contributed by atoms with Gasteiger partial charge in [-0.25, -0.2) is 0 Å². The largest absolute Gasteiger partial charge is 0.461 e. The topological polar surface area (TPSA) is 39.2 Å². The van der Waals surface area contributed by atoms with E-state index in [2.05, 4.69) is 13.8 Å². The number of hydrogen-bond acceptors (Lipinski definition) is 2. The Morgan fingerprint density at radius 1 is 1.44 bits per heavy atom. The summed E-state index contributed by atoms with van der Waals surface area (Å²) in [5.74, 6) is 0.978. The molecule has 0 aliphatic carbocycles. The van der Waals surface area contributed by atoms with Crippen molar-refractivity contribution in [1.82, 2.24) is 0 Å².